The number of hydrogen-bond donors (Lipinski definition) is 1. The highest BCUT2D eigenvalue weighted by Crippen LogP contribution is 2.08. The molecule has 0 fully saturated rings. The maximum absolute atomic E-state index is 5.82. The normalized spacial score (nSPS) is 10.1. The molecule has 3 nitrogen and oxygen atoms in total. The minimum atomic E-state index is 0. The van der Waals surface area contributed by atoms with Crippen molar-refractivity contribution >= 4 is 11.6 Å². The third-order valence-electron chi connectivity index (χ3n) is 2.57. The van der Waals surface area contributed by atoms with Gasteiger partial charge in [0.25, 0.3) is 0 Å². The SMILES string of the molecule is Clc1ccc(CNCCCn2ccnc2)cc1.[Cl-]. The first-order valence-corrected chi connectivity index (χ1v) is 6.13. The quantitative estimate of drug-likeness (QED) is 0.740. The highest BCUT2D eigenvalue weighted by atomic mass is 35.5. The molecule has 0 unspecified atom stereocenters. The third kappa shape index (κ3) is 5.08. The molecule has 1 N–H and O–H groups in total. The van der Waals surface area contributed by atoms with Gasteiger partial charge in [0, 0.05) is 30.5 Å². The Balaban J connectivity index is 0.00000162. The highest BCUT2D eigenvalue weighted by molar-refractivity contribution is 6.30. The monoisotopic (exact) mass is 284 g/mol. The number of imidazole rings is 1. The van der Waals surface area contributed by atoms with Crippen LogP contribution in [0.1, 0.15) is 12.0 Å². The van der Waals surface area contributed by atoms with Crippen molar-refractivity contribution in [3.05, 3.63) is 53.6 Å². The summed E-state index contributed by atoms with van der Waals surface area (Å²) in [6.45, 7) is 2.90. The minimum Gasteiger partial charge on any atom is -1.00 e. The maximum Gasteiger partial charge on any atom is 0.0945 e. The Morgan fingerprint density at radius 2 is 2.00 bits per heavy atom. The summed E-state index contributed by atoms with van der Waals surface area (Å²) in [6.07, 6.45) is 6.74. The molecule has 1 heterocycles. The molecule has 0 atom stereocenters. The van der Waals surface area contributed by atoms with Crippen LogP contribution in [-0.2, 0) is 13.1 Å². The lowest BCUT2D eigenvalue weighted by Crippen LogP contribution is -3.00. The summed E-state index contributed by atoms with van der Waals surface area (Å²) < 4.78 is 2.09. The van der Waals surface area contributed by atoms with Gasteiger partial charge in [-0.25, -0.2) is 4.98 Å². The van der Waals surface area contributed by atoms with Gasteiger partial charge in [-0.3, -0.25) is 0 Å². The smallest absolute Gasteiger partial charge is 0.0945 e. The molecule has 2 aromatic rings. The fraction of sp³-hybridized carbons (Fsp3) is 0.308. The van der Waals surface area contributed by atoms with Crippen molar-refractivity contribution in [2.24, 2.45) is 0 Å². The van der Waals surface area contributed by atoms with Crippen LogP contribution in [0.4, 0.5) is 0 Å². The lowest BCUT2D eigenvalue weighted by Gasteiger charge is -2.05. The maximum atomic E-state index is 5.82. The second-order valence-electron chi connectivity index (χ2n) is 3.96. The minimum absolute atomic E-state index is 0. The molecule has 0 radical (unpaired) electrons. The Morgan fingerprint density at radius 1 is 1.22 bits per heavy atom. The number of rotatable bonds is 6. The number of halogens is 2. The van der Waals surface area contributed by atoms with Crippen LogP contribution >= 0.6 is 11.6 Å². The van der Waals surface area contributed by atoms with Gasteiger partial charge in [-0.05, 0) is 30.7 Å². The molecule has 5 heteroatoms. The molecule has 0 aliphatic carbocycles. The first-order valence-electron chi connectivity index (χ1n) is 5.75. The summed E-state index contributed by atoms with van der Waals surface area (Å²) in [7, 11) is 0. The average molecular weight is 285 g/mol. The van der Waals surface area contributed by atoms with Gasteiger partial charge in [-0.15, -0.1) is 0 Å². The van der Waals surface area contributed by atoms with Crippen molar-refractivity contribution in [1.82, 2.24) is 14.9 Å². The fourth-order valence-corrected chi connectivity index (χ4v) is 1.77. The van der Waals surface area contributed by atoms with E-state index in [1.165, 1.54) is 5.56 Å². The molecule has 1 aromatic heterocycles. The van der Waals surface area contributed by atoms with Crippen molar-refractivity contribution in [2.75, 3.05) is 6.54 Å². The summed E-state index contributed by atoms with van der Waals surface area (Å²) in [6, 6.07) is 7.94. The number of aromatic nitrogens is 2. The number of hydrogen-bond acceptors (Lipinski definition) is 2. The highest BCUT2D eigenvalue weighted by Gasteiger charge is 1.93. The van der Waals surface area contributed by atoms with Gasteiger partial charge < -0.3 is 22.3 Å². The van der Waals surface area contributed by atoms with Crippen molar-refractivity contribution in [3.63, 3.8) is 0 Å². The van der Waals surface area contributed by atoms with Crippen molar-refractivity contribution in [1.29, 1.82) is 0 Å². The predicted octanol–water partition coefficient (Wildman–Crippen LogP) is -0.280. The van der Waals surface area contributed by atoms with Crippen molar-refractivity contribution < 1.29 is 12.4 Å². The van der Waals surface area contributed by atoms with Gasteiger partial charge in [-0.2, -0.15) is 0 Å². The Bertz CT molecular complexity index is 426. The van der Waals surface area contributed by atoms with E-state index in [1.807, 2.05) is 36.8 Å². The lowest BCUT2D eigenvalue weighted by molar-refractivity contribution is -0.00000349. The van der Waals surface area contributed by atoms with Gasteiger partial charge in [0.2, 0.25) is 0 Å². The summed E-state index contributed by atoms with van der Waals surface area (Å²) >= 11 is 5.82. The van der Waals surface area contributed by atoms with Crippen LogP contribution in [0, 0.1) is 0 Å². The van der Waals surface area contributed by atoms with Gasteiger partial charge in [0.1, 0.15) is 0 Å². The van der Waals surface area contributed by atoms with E-state index in [0.717, 1.165) is 31.1 Å². The number of nitrogens with zero attached hydrogens (tertiary/aromatic N) is 2. The van der Waals surface area contributed by atoms with E-state index >= 15 is 0 Å². The van der Waals surface area contributed by atoms with E-state index < -0.39 is 0 Å². The topological polar surface area (TPSA) is 29.9 Å². The van der Waals surface area contributed by atoms with Gasteiger partial charge in [0.05, 0.1) is 6.33 Å². The largest absolute Gasteiger partial charge is 1.00 e. The standard InChI is InChI=1S/C13H16ClN3.ClH/c14-13-4-2-12(3-5-13)10-15-6-1-8-17-9-7-16-11-17;/h2-5,7,9,11,15H,1,6,8,10H2;1H/p-1. The van der Waals surface area contributed by atoms with E-state index in [4.69, 9.17) is 11.6 Å². The zero-order valence-corrected chi connectivity index (χ0v) is 11.5. The average Bonchev–Trinajstić information content (AvgIpc) is 2.84. The molecule has 98 valence electrons. The van der Waals surface area contributed by atoms with Crippen molar-refractivity contribution in [3.8, 4) is 0 Å². The summed E-state index contributed by atoms with van der Waals surface area (Å²) in [5.41, 5.74) is 1.26. The molecule has 18 heavy (non-hydrogen) atoms. The number of aryl methyl sites for hydroxylation is 1. The summed E-state index contributed by atoms with van der Waals surface area (Å²) in [4.78, 5) is 4.01. The molecule has 0 aliphatic rings. The van der Waals surface area contributed by atoms with E-state index in [0.29, 0.717) is 0 Å². The molecule has 0 saturated carbocycles. The van der Waals surface area contributed by atoms with E-state index in [-0.39, 0.29) is 12.4 Å². The van der Waals surface area contributed by atoms with E-state index in [1.54, 1.807) is 6.20 Å². The molecular weight excluding hydrogens is 269 g/mol. The molecule has 0 bridgehead atoms. The zero-order valence-electron chi connectivity index (χ0n) is 10.0. The van der Waals surface area contributed by atoms with Crippen LogP contribution in [-0.4, -0.2) is 16.1 Å². The van der Waals surface area contributed by atoms with Crippen LogP contribution in [0.3, 0.4) is 0 Å². The fourth-order valence-electron chi connectivity index (χ4n) is 1.64. The Kier molecular flexibility index (Phi) is 6.80. The molecule has 0 spiro atoms. The molecule has 2 rings (SSSR count). The van der Waals surface area contributed by atoms with Crippen LogP contribution in [0.15, 0.2) is 43.0 Å². The molecule has 0 aliphatic heterocycles. The van der Waals surface area contributed by atoms with Crippen molar-refractivity contribution in [2.45, 2.75) is 19.5 Å². The first-order chi connectivity index (χ1) is 8.34. The van der Waals surface area contributed by atoms with E-state index in [2.05, 4.69) is 14.9 Å². The predicted molar refractivity (Wildman–Crippen MR) is 70.0 cm³/mol. The lowest BCUT2D eigenvalue weighted by atomic mass is 10.2. The van der Waals surface area contributed by atoms with Crippen LogP contribution in [0.25, 0.3) is 0 Å². The van der Waals surface area contributed by atoms with Crippen LogP contribution in [0.5, 0.6) is 0 Å². The summed E-state index contributed by atoms with van der Waals surface area (Å²) in [5, 5.41) is 4.19. The second kappa shape index (κ2) is 8.14. The van der Waals surface area contributed by atoms with E-state index in [9.17, 15) is 0 Å². The Labute approximate surface area is 119 Å². The summed E-state index contributed by atoms with van der Waals surface area (Å²) in [5.74, 6) is 0. The first kappa shape index (κ1) is 15.0. The number of benzene rings is 1. The second-order valence-corrected chi connectivity index (χ2v) is 4.39. The van der Waals surface area contributed by atoms with Gasteiger partial charge >= 0.3 is 0 Å². The Morgan fingerprint density at radius 3 is 2.67 bits per heavy atom. The molecule has 0 amide bonds. The molecular formula is C13H16Cl2N3-. The third-order valence-corrected chi connectivity index (χ3v) is 2.82. The van der Waals surface area contributed by atoms with Crippen LogP contribution in [0.2, 0.25) is 5.02 Å². The zero-order chi connectivity index (χ0) is 11.9. The molecule has 0 saturated heterocycles. The van der Waals surface area contributed by atoms with Gasteiger partial charge in [-0.1, -0.05) is 23.7 Å². The van der Waals surface area contributed by atoms with Gasteiger partial charge in [0.15, 0.2) is 0 Å². The molecule has 1 aromatic carbocycles. The number of nitrogens with one attached hydrogen (secondary N) is 1. The Hall–Kier alpha value is -1.03. The van der Waals surface area contributed by atoms with Crippen LogP contribution < -0.4 is 17.7 Å².